The highest BCUT2D eigenvalue weighted by Gasteiger charge is 2.22. The van der Waals surface area contributed by atoms with Gasteiger partial charge in [0.25, 0.3) is 5.91 Å². The number of amides is 1. The molecule has 39 heavy (non-hydrogen) atoms. The number of rotatable bonds is 11. The Bertz CT molecular complexity index is 1370. The van der Waals surface area contributed by atoms with Crippen LogP contribution in [0.5, 0.6) is 5.75 Å². The van der Waals surface area contributed by atoms with E-state index in [2.05, 4.69) is 42.3 Å². The third kappa shape index (κ3) is 7.27. The normalized spacial score (nSPS) is 14.7. The Hall–Kier alpha value is -3.18. The summed E-state index contributed by atoms with van der Waals surface area (Å²) in [4.78, 5) is 29.0. The van der Waals surface area contributed by atoms with Gasteiger partial charge in [-0.1, -0.05) is 11.6 Å². The van der Waals surface area contributed by atoms with Crippen LogP contribution in [-0.4, -0.2) is 83.6 Å². The van der Waals surface area contributed by atoms with E-state index in [1.54, 1.807) is 17.5 Å². The number of ether oxygens (including phenoxy) is 1. The first-order valence-electron chi connectivity index (χ1n) is 13.1. The number of carbonyl (C=O) groups is 1. The summed E-state index contributed by atoms with van der Waals surface area (Å²) in [6.07, 6.45) is 3.74. The topological polar surface area (TPSA) is 98.4 Å². The second kappa shape index (κ2) is 12.8. The number of pyridine rings is 1. The molecule has 206 valence electrons. The van der Waals surface area contributed by atoms with Gasteiger partial charge in [-0.3, -0.25) is 9.69 Å². The number of imidazole rings is 1. The first-order chi connectivity index (χ1) is 18.9. The highest BCUT2D eigenvalue weighted by atomic mass is 35.5. The van der Waals surface area contributed by atoms with Crippen molar-refractivity contribution in [1.29, 1.82) is 0 Å². The van der Waals surface area contributed by atoms with Crippen LogP contribution in [0.3, 0.4) is 0 Å². The lowest BCUT2D eigenvalue weighted by Crippen LogP contribution is -2.38. The van der Waals surface area contributed by atoms with E-state index < -0.39 is 0 Å². The molecule has 0 aliphatic carbocycles. The SMILES string of the molecule is CN(C)CCNC(=O)COc1ccc(-c2nc3ncc(Cl)c(NC4CCN(Cc5ccsc5)CC4)c3[nH]2)cc1. The van der Waals surface area contributed by atoms with Crippen LogP contribution in [0.15, 0.2) is 47.3 Å². The van der Waals surface area contributed by atoms with E-state index in [-0.39, 0.29) is 12.5 Å². The predicted octanol–water partition coefficient (Wildman–Crippen LogP) is 4.47. The van der Waals surface area contributed by atoms with Gasteiger partial charge in [0.2, 0.25) is 0 Å². The number of thiophene rings is 1. The third-order valence-electron chi connectivity index (χ3n) is 6.77. The molecule has 0 unspecified atom stereocenters. The largest absolute Gasteiger partial charge is 0.484 e. The van der Waals surface area contributed by atoms with Crippen molar-refractivity contribution in [3.63, 3.8) is 0 Å². The Morgan fingerprint density at radius 2 is 2.03 bits per heavy atom. The number of likely N-dealkylation sites (tertiary alicyclic amines) is 1. The Morgan fingerprint density at radius 3 is 2.74 bits per heavy atom. The maximum atomic E-state index is 12.0. The number of aromatic nitrogens is 3. The molecule has 1 aromatic carbocycles. The molecule has 0 saturated carbocycles. The number of nitrogens with one attached hydrogen (secondary N) is 3. The molecule has 4 aromatic rings. The fourth-order valence-electron chi connectivity index (χ4n) is 4.62. The molecule has 1 fully saturated rings. The molecule has 0 atom stereocenters. The number of likely N-dealkylation sites (N-methyl/N-ethyl adjacent to an activating group) is 1. The molecule has 1 aliphatic heterocycles. The highest BCUT2D eigenvalue weighted by Crippen LogP contribution is 2.32. The van der Waals surface area contributed by atoms with Crippen molar-refractivity contribution in [2.75, 3.05) is 52.2 Å². The van der Waals surface area contributed by atoms with Crippen molar-refractivity contribution in [3.05, 3.63) is 57.9 Å². The zero-order chi connectivity index (χ0) is 27.2. The van der Waals surface area contributed by atoms with Crippen LogP contribution in [-0.2, 0) is 11.3 Å². The Morgan fingerprint density at radius 1 is 1.23 bits per heavy atom. The van der Waals surface area contributed by atoms with Gasteiger partial charge < -0.3 is 25.3 Å². The van der Waals surface area contributed by atoms with Gasteiger partial charge in [-0.2, -0.15) is 11.3 Å². The highest BCUT2D eigenvalue weighted by molar-refractivity contribution is 7.07. The van der Waals surface area contributed by atoms with Crippen LogP contribution in [0.2, 0.25) is 5.02 Å². The minimum Gasteiger partial charge on any atom is -0.484 e. The maximum absolute atomic E-state index is 12.0. The number of anilines is 1. The monoisotopic (exact) mass is 567 g/mol. The van der Waals surface area contributed by atoms with Gasteiger partial charge in [0.1, 0.15) is 17.1 Å². The third-order valence-corrected chi connectivity index (χ3v) is 7.79. The van der Waals surface area contributed by atoms with E-state index in [1.807, 2.05) is 43.3 Å². The molecule has 0 bridgehead atoms. The second-order valence-corrected chi connectivity index (χ2v) is 11.2. The summed E-state index contributed by atoms with van der Waals surface area (Å²) >= 11 is 8.34. The fraction of sp³-hybridized carbons (Fsp3) is 0.393. The fourth-order valence-corrected chi connectivity index (χ4v) is 5.48. The summed E-state index contributed by atoms with van der Waals surface area (Å²) in [6, 6.07) is 10.0. The molecule has 1 aliphatic rings. The molecule has 0 spiro atoms. The van der Waals surface area contributed by atoms with Crippen molar-refractivity contribution in [2.45, 2.75) is 25.4 Å². The number of fused-ring (bicyclic) bond motifs is 1. The predicted molar refractivity (Wildman–Crippen MR) is 158 cm³/mol. The number of nitrogens with zero attached hydrogens (tertiary/aromatic N) is 4. The Kier molecular flexibility index (Phi) is 8.98. The van der Waals surface area contributed by atoms with E-state index >= 15 is 0 Å². The van der Waals surface area contributed by atoms with Gasteiger partial charge in [-0.25, -0.2) is 9.97 Å². The quantitative estimate of drug-likeness (QED) is 0.246. The lowest BCUT2D eigenvalue weighted by Gasteiger charge is -2.32. The number of benzene rings is 1. The number of halogens is 1. The zero-order valence-corrected chi connectivity index (χ0v) is 23.8. The van der Waals surface area contributed by atoms with Crippen molar-refractivity contribution < 1.29 is 9.53 Å². The van der Waals surface area contributed by atoms with Crippen LogP contribution in [0.25, 0.3) is 22.6 Å². The standard InChI is InChI=1S/C28H34ClN7O2S/c1-35(2)13-10-30-24(37)17-38-22-5-3-20(4-6-22)27-33-26-25(23(29)15-31-28(26)34-27)32-21-7-11-36(12-8-21)16-19-9-14-39-18-19/h3-6,9,14-15,18,21H,7-8,10-13,16-17H2,1-2H3,(H,30,37)(H2,31,32,33,34). The molecule has 3 N–H and O–H groups in total. The Labute approximate surface area is 237 Å². The summed E-state index contributed by atoms with van der Waals surface area (Å²) < 4.78 is 5.63. The first kappa shape index (κ1) is 27.4. The summed E-state index contributed by atoms with van der Waals surface area (Å²) in [7, 11) is 3.93. The van der Waals surface area contributed by atoms with E-state index in [1.165, 1.54) is 5.56 Å². The van der Waals surface area contributed by atoms with Gasteiger partial charge in [-0.05, 0) is 73.6 Å². The smallest absolute Gasteiger partial charge is 0.257 e. The van der Waals surface area contributed by atoms with Gasteiger partial charge in [0.15, 0.2) is 12.3 Å². The second-order valence-electron chi connectivity index (χ2n) is 10.1. The van der Waals surface area contributed by atoms with Crippen molar-refractivity contribution in [3.8, 4) is 17.1 Å². The van der Waals surface area contributed by atoms with E-state index in [4.69, 9.17) is 21.3 Å². The molecule has 11 heteroatoms. The Balaban J connectivity index is 1.20. The van der Waals surface area contributed by atoms with Gasteiger partial charge >= 0.3 is 0 Å². The lowest BCUT2D eigenvalue weighted by molar-refractivity contribution is -0.123. The molecule has 0 radical (unpaired) electrons. The summed E-state index contributed by atoms with van der Waals surface area (Å²) in [6.45, 7) is 4.43. The van der Waals surface area contributed by atoms with Crippen LogP contribution < -0.4 is 15.4 Å². The number of hydrogen-bond acceptors (Lipinski definition) is 8. The lowest BCUT2D eigenvalue weighted by atomic mass is 10.0. The van der Waals surface area contributed by atoms with Gasteiger partial charge in [-0.15, -0.1) is 0 Å². The van der Waals surface area contributed by atoms with Crippen molar-refractivity contribution >= 4 is 45.7 Å². The molecular weight excluding hydrogens is 534 g/mol. The molecule has 1 amide bonds. The molecule has 5 rings (SSSR count). The summed E-state index contributed by atoms with van der Waals surface area (Å²) in [5.74, 6) is 1.17. The van der Waals surface area contributed by atoms with E-state index in [0.29, 0.717) is 34.8 Å². The van der Waals surface area contributed by atoms with Crippen LogP contribution in [0, 0.1) is 0 Å². The number of hydrogen-bond donors (Lipinski definition) is 3. The van der Waals surface area contributed by atoms with Crippen LogP contribution in [0.4, 0.5) is 5.69 Å². The van der Waals surface area contributed by atoms with Crippen LogP contribution >= 0.6 is 22.9 Å². The van der Waals surface area contributed by atoms with Crippen molar-refractivity contribution in [1.82, 2.24) is 30.1 Å². The zero-order valence-electron chi connectivity index (χ0n) is 22.2. The number of piperidine rings is 1. The average Bonchev–Trinajstić information content (AvgIpc) is 3.60. The summed E-state index contributed by atoms with van der Waals surface area (Å²) in [5, 5.41) is 11.4. The first-order valence-corrected chi connectivity index (χ1v) is 14.5. The molecule has 1 saturated heterocycles. The molecule has 9 nitrogen and oxygen atoms in total. The molecule has 3 aromatic heterocycles. The maximum Gasteiger partial charge on any atom is 0.257 e. The van der Waals surface area contributed by atoms with Gasteiger partial charge in [0, 0.05) is 44.3 Å². The molecule has 4 heterocycles. The minimum absolute atomic E-state index is 0.0260. The van der Waals surface area contributed by atoms with Crippen molar-refractivity contribution in [2.24, 2.45) is 0 Å². The minimum atomic E-state index is -0.144. The van der Waals surface area contributed by atoms with E-state index in [0.717, 1.165) is 55.8 Å². The molecular formula is C28H34ClN7O2S. The summed E-state index contributed by atoms with van der Waals surface area (Å²) in [5.41, 5.74) is 4.53. The number of H-pyrrole nitrogens is 1. The average molecular weight is 568 g/mol. The number of carbonyl (C=O) groups excluding carboxylic acids is 1. The van der Waals surface area contributed by atoms with Gasteiger partial charge in [0.05, 0.1) is 16.9 Å². The van der Waals surface area contributed by atoms with E-state index in [9.17, 15) is 4.79 Å². The number of aromatic amines is 1. The van der Waals surface area contributed by atoms with Crippen LogP contribution in [0.1, 0.15) is 18.4 Å².